The average Bonchev–Trinajstić information content (AvgIpc) is 2.60. The number of methoxy groups -OCH3 is 1. The summed E-state index contributed by atoms with van der Waals surface area (Å²) in [5.41, 5.74) is 2.24. The van der Waals surface area contributed by atoms with Gasteiger partial charge in [-0.15, -0.1) is 6.58 Å². The quantitative estimate of drug-likeness (QED) is 0.711. The van der Waals surface area contributed by atoms with Crippen molar-refractivity contribution in [2.75, 3.05) is 13.7 Å². The number of allylic oxidation sites excluding steroid dienone is 1. The van der Waals surface area contributed by atoms with Crippen LogP contribution in [0.3, 0.4) is 0 Å². The molecule has 0 radical (unpaired) electrons. The van der Waals surface area contributed by atoms with Gasteiger partial charge in [0.15, 0.2) is 11.5 Å². The zero-order valence-electron chi connectivity index (χ0n) is 13.6. The first-order valence-electron chi connectivity index (χ1n) is 7.82. The van der Waals surface area contributed by atoms with E-state index in [0.717, 1.165) is 29.7 Å². The van der Waals surface area contributed by atoms with Crippen LogP contribution in [0.15, 0.2) is 61.2 Å². The van der Waals surface area contributed by atoms with E-state index in [1.807, 2.05) is 54.6 Å². The largest absolute Gasteiger partial charge is 0.493 e. The molecule has 2 rings (SSSR count). The van der Waals surface area contributed by atoms with E-state index in [4.69, 9.17) is 9.47 Å². The smallest absolute Gasteiger partial charge is 0.161 e. The Hall–Kier alpha value is -2.26. The molecule has 1 N–H and O–H groups in total. The van der Waals surface area contributed by atoms with E-state index in [9.17, 15) is 5.11 Å². The van der Waals surface area contributed by atoms with Gasteiger partial charge in [0.25, 0.3) is 0 Å². The summed E-state index contributed by atoms with van der Waals surface area (Å²) in [4.78, 5) is 0. The zero-order chi connectivity index (χ0) is 16.5. The first-order valence-corrected chi connectivity index (χ1v) is 7.82. The zero-order valence-corrected chi connectivity index (χ0v) is 13.6. The molecule has 2 aromatic rings. The summed E-state index contributed by atoms with van der Waals surface area (Å²) in [5, 5.41) is 9.41. The molecule has 1 atom stereocenters. The van der Waals surface area contributed by atoms with Gasteiger partial charge in [-0.05, 0) is 42.0 Å². The molecular weight excluding hydrogens is 288 g/mol. The van der Waals surface area contributed by atoms with Crippen LogP contribution < -0.4 is 9.47 Å². The lowest BCUT2D eigenvalue weighted by atomic mass is 9.97. The van der Waals surface area contributed by atoms with Crippen molar-refractivity contribution in [3.63, 3.8) is 0 Å². The summed E-state index contributed by atoms with van der Waals surface area (Å²) in [6.45, 7) is 4.39. The maximum atomic E-state index is 9.41. The van der Waals surface area contributed by atoms with Crippen LogP contribution in [0.2, 0.25) is 0 Å². The highest BCUT2D eigenvalue weighted by molar-refractivity contribution is 5.43. The topological polar surface area (TPSA) is 38.7 Å². The predicted octanol–water partition coefficient (Wildman–Crippen LogP) is 4.00. The van der Waals surface area contributed by atoms with E-state index in [2.05, 4.69) is 6.58 Å². The molecule has 2 aromatic carbocycles. The van der Waals surface area contributed by atoms with Gasteiger partial charge in [0.2, 0.25) is 0 Å². The van der Waals surface area contributed by atoms with Crippen molar-refractivity contribution in [1.82, 2.24) is 0 Å². The molecular formula is C20H24O3. The molecule has 0 saturated heterocycles. The number of rotatable bonds is 9. The molecule has 0 amide bonds. The van der Waals surface area contributed by atoms with Gasteiger partial charge in [-0.1, -0.05) is 42.5 Å². The molecule has 0 aliphatic heterocycles. The van der Waals surface area contributed by atoms with Crippen molar-refractivity contribution in [1.29, 1.82) is 0 Å². The maximum Gasteiger partial charge on any atom is 0.161 e. The second-order valence-corrected chi connectivity index (χ2v) is 5.54. The number of aliphatic hydroxyl groups excluding tert-OH is 1. The summed E-state index contributed by atoms with van der Waals surface area (Å²) in [7, 11) is 1.64. The van der Waals surface area contributed by atoms with E-state index in [-0.39, 0.29) is 12.5 Å². The lowest BCUT2D eigenvalue weighted by Gasteiger charge is -2.15. The van der Waals surface area contributed by atoms with E-state index in [1.165, 1.54) is 0 Å². The highest BCUT2D eigenvalue weighted by Crippen LogP contribution is 2.30. The Labute approximate surface area is 138 Å². The first kappa shape index (κ1) is 17.1. The second-order valence-electron chi connectivity index (χ2n) is 5.54. The maximum absolute atomic E-state index is 9.41. The third kappa shape index (κ3) is 5.15. The number of benzene rings is 2. The Morgan fingerprint density at radius 2 is 1.87 bits per heavy atom. The van der Waals surface area contributed by atoms with Crippen LogP contribution >= 0.6 is 0 Å². The molecule has 0 bridgehead atoms. The predicted molar refractivity (Wildman–Crippen MR) is 92.9 cm³/mol. The fourth-order valence-corrected chi connectivity index (χ4v) is 2.48. The van der Waals surface area contributed by atoms with Crippen LogP contribution in [0, 0.1) is 5.92 Å². The molecule has 0 heterocycles. The second kappa shape index (κ2) is 9.01. The number of aliphatic hydroxyl groups is 1. The Bertz CT molecular complexity index is 608. The molecule has 0 saturated carbocycles. The van der Waals surface area contributed by atoms with E-state index < -0.39 is 0 Å². The molecule has 23 heavy (non-hydrogen) atoms. The van der Waals surface area contributed by atoms with Gasteiger partial charge in [-0.2, -0.15) is 0 Å². The lowest BCUT2D eigenvalue weighted by molar-refractivity contribution is 0.226. The van der Waals surface area contributed by atoms with Gasteiger partial charge in [0, 0.05) is 6.61 Å². The van der Waals surface area contributed by atoms with Crippen molar-refractivity contribution in [3.8, 4) is 11.5 Å². The minimum atomic E-state index is 0.153. The Morgan fingerprint density at radius 1 is 1.09 bits per heavy atom. The van der Waals surface area contributed by atoms with Crippen LogP contribution in [-0.4, -0.2) is 18.8 Å². The van der Waals surface area contributed by atoms with Crippen molar-refractivity contribution in [3.05, 3.63) is 72.3 Å². The standard InChI is InChI=1S/C20H24O3/c1-3-7-18(14-21)12-17-10-11-19(20(13-17)22-2)23-15-16-8-5-4-6-9-16/h3-6,8-11,13,18,21H,1,7,12,14-15H2,2H3/t18-/m0/s1. The van der Waals surface area contributed by atoms with Gasteiger partial charge in [0.1, 0.15) is 6.61 Å². The summed E-state index contributed by atoms with van der Waals surface area (Å²) >= 11 is 0. The van der Waals surface area contributed by atoms with Crippen molar-refractivity contribution < 1.29 is 14.6 Å². The highest BCUT2D eigenvalue weighted by Gasteiger charge is 2.11. The third-order valence-electron chi connectivity index (χ3n) is 3.75. The fraction of sp³-hybridized carbons (Fsp3) is 0.300. The van der Waals surface area contributed by atoms with Gasteiger partial charge in [-0.3, -0.25) is 0 Å². The van der Waals surface area contributed by atoms with Crippen molar-refractivity contribution in [2.24, 2.45) is 5.92 Å². The number of hydrogen-bond acceptors (Lipinski definition) is 3. The molecule has 3 nitrogen and oxygen atoms in total. The number of ether oxygens (including phenoxy) is 2. The molecule has 0 aromatic heterocycles. The SMILES string of the molecule is C=CC[C@H](CO)Cc1ccc(OCc2ccccc2)c(OC)c1. The summed E-state index contributed by atoms with van der Waals surface area (Å²) in [5.74, 6) is 1.63. The van der Waals surface area contributed by atoms with Gasteiger partial charge < -0.3 is 14.6 Å². The van der Waals surface area contributed by atoms with Gasteiger partial charge >= 0.3 is 0 Å². The summed E-state index contributed by atoms with van der Waals surface area (Å²) in [6.07, 6.45) is 3.43. The summed E-state index contributed by atoms with van der Waals surface area (Å²) in [6, 6.07) is 16.0. The molecule has 0 fully saturated rings. The fourth-order valence-electron chi connectivity index (χ4n) is 2.48. The summed E-state index contributed by atoms with van der Waals surface area (Å²) < 4.78 is 11.3. The van der Waals surface area contributed by atoms with E-state index in [1.54, 1.807) is 7.11 Å². The van der Waals surface area contributed by atoms with E-state index in [0.29, 0.717) is 12.4 Å². The molecule has 0 spiro atoms. The highest BCUT2D eigenvalue weighted by atomic mass is 16.5. The van der Waals surface area contributed by atoms with Crippen LogP contribution in [0.25, 0.3) is 0 Å². The Morgan fingerprint density at radius 3 is 2.52 bits per heavy atom. The van der Waals surface area contributed by atoms with Crippen LogP contribution in [0.5, 0.6) is 11.5 Å². The third-order valence-corrected chi connectivity index (χ3v) is 3.75. The monoisotopic (exact) mass is 312 g/mol. The van der Waals surface area contributed by atoms with Crippen molar-refractivity contribution >= 4 is 0 Å². The lowest BCUT2D eigenvalue weighted by Crippen LogP contribution is -2.08. The minimum Gasteiger partial charge on any atom is -0.493 e. The van der Waals surface area contributed by atoms with Crippen LogP contribution in [0.4, 0.5) is 0 Å². The Balaban J connectivity index is 2.05. The van der Waals surface area contributed by atoms with Crippen LogP contribution in [-0.2, 0) is 13.0 Å². The molecule has 0 aliphatic rings. The average molecular weight is 312 g/mol. The first-order chi connectivity index (χ1) is 11.3. The minimum absolute atomic E-state index is 0.153. The molecule has 3 heteroatoms. The van der Waals surface area contributed by atoms with Crippen molar-refractivity contribution in [2.45, 2.75) is 19.4 Å². The Kier molecular flexibility index (Phi) is 6.70. The molecule has 0 aliphatic carbocycles. The van der Waals surface area contributed by atoms with E-state index >= 15 is 0 Å². The van der Waals surface area contributed by atoms with Crippen LogP contribution in [0.1, 0.15) is 17.5 Å². The molecule has 122 valence electrons. The number of hydrogen-bond donors (Lipinski definition) is 1. The normalized spacial score (nSPS) is 11.7. The van der Waals surface area contributed by atoms with Gasteiger partial charge in [0.05, 0.1) is 7.11 Å². The molecule has 0 unspecified atom stereocenters. The van der Waals surface area contributed by atoms with Gasteiger partial charge in [-0.25, -0.2) is 0 Å².